The van der Waals surface area contributed by atoms with E-state index >= 15 is 0 Å². The normalized spacial score (nSPS) is 13.9. The first-order valence-corrected chi connectivity index (χ1v) is 6.61. The molecule has 0 radical (unpaired) electrons. The molecule has 0 saturated carbocycles. The maximum atomic E-state index is 5.65. The first-order valence-electron chi connectivity index (χ1n) is 6.61. The van der Waals surface area contributed by atoms with Crippen molar-refractivity contribution in [3.05, 3.63) is 29.6 Å². The summed E-state index contributed by atoms with van der Waals surface area (Å²) in [4.78, 5) is 0. The number of nitrogens with zero attached hydrogens (tertiary/aromatic N) is 1. The summed E-state index contributed by atoms with van der Waals surface area (Å²) in [6.45, 7) is 7.57. The molecule has 4 nitrogen and oxygen atoms in total. The Morgan fingerprint density at radius 3 is 2.63 bits per heavy atom. The summed E-state index contributed by atoms with van der Waals surface area (Å²) >= 11 is 0. The van der Waals surface area contributed by atoms with E-state index in [1.165, 1.54) is 5.56 Å². The SMILES string of the molecule is Cc1[nH]nc(C(C)C)c1-c1ccc2c(c1)OCCO2. The summed E-state index contributed by atoms with van der Waals surface area (Å²) in [6.07, 6.45) is 0. The van der Waals surface area contributed by atoms with Gasteiger partial charge in [0.05, 0.1) is 5.69 Å². The van der Waals surface area contributed by atoms with E-state index in [0.29, 0.717) is 19.1 Å². The first kappa shape index (κ1) is 12.1. The Labute approximate surface area is 112 Å². The van der Waals surface area contributed by atoms with Gasteiger partial charge < -0.3 is 9.47 Å². The minimum Gasteiger partial charge on any atom is -0.486 e. The zero-order valence-electron chi connectivity index (χ0n) is 11.5. The van der Waals surface area contributed by atoms with Crippen molar-refractivity contribution in [3.63, 3.8) is 0 Å². The lowest BCUT2D eigenvalue weighted by molar-refractivity contribution is 0.171. The highest BCUT2D eigenvalue weighted by molar-refractivity contribution is 5.71. The molecule has 2 aromatic rings. The third-order valence-electron chi connectivity index (χ3n) is 3.35. The number of ether oxygens (including phenoxy) is 2. The molecule has 19 heavy (non-hydrogen) atoms. The molecule has 0 bridgehead atoms. The maximum absolute atomic E-state index is 5.65. The van der Waals surface area contributed by atoms with Crippen molar-refractivity contribution >= 4 is 0 Å². The Hall–Kier alpha value is -1.97. The van der Waals surface area contributed by atoms with Crippen molar-refractivity contribution in [1.29, 1.82) is 0 Å². The van der Waals surface area contributed by atoms with Gasteiger partial charge in [0.25, 0.3) is 0 Å². The standard InChI is InChI=1S/C15H18N2O2/c1-9(2)15-14(10(3)16-17-15)11-4-5-12-13(8-11)19-7-6-18-12/h4-5,8-9H,6-7H2,1-3H3,(H,16,17). The second-order valence-electron chi connectivity index (χ2n) is 5.12. The summed E-state index contributed by atoms with van der Waals surface area (Å²) in [6, 6.07) is 6.08. The van der Waals surface area contributed by atoms with E-state index in [-0.39, 0.29) is 0 Å². The van der Waals surface area contributed by atoms with Crippen LogP contribution < -0.4 is 9.47 Å². The van der Waals surface area contributed by atoms with Crippen LogP contribution in [0.1, 0.15) is 31.2 Å². The number of aryl methyl sites for hydroxylation is 1. The zero-order valence-corrected chi connectivity index (χ0v) is 11.5. The zero-order chi connectivity index (χ0) is 13.4. The van der Waals surface area contributed by atoms with Crippen molar-refractivity contribution in [1.82, 2.24) is 10.2 Å². The van der Waals surface area contributed by atoms with Crippen LogP contribution in [0.4, 0.5) is 0 Å². The molecule has 1 aliphatic heterocycles. The predicted molar refractivity (Wildman–Crippen MR) is 73.8 cm³/mol. The van der Waals surface area contributed by atoms with E-state index in [1.54, 1.807) is 0 Å². The summed E-state index contributed by atoms with van der Waals surface area (Å²) < 4.78 is 11.2. The Morgan fingerprint density at radius 1 is 1.16 bits per heavy atom. The van der Waals surface area contributed by atoms with E-state index in [2.05, 4.69) is 30.1 Å². The number of aromatic nitrogens is 2. The summed E-state index contributed by atoms with van der Waals surface area (Å²) in [5, 5.41) is 7.48. The molecule has 0 saturated heterocycles. The molecule has 0 amide bonds. The van der Waals surface area contributed by atoms with E-state index < -0.39 is 0 Å². The fourth-order valence-electron chi connectivity index (χ4n) is 2.43. The Balaban J connectivity index is 2.09. The monoisotopic (exact) mass is 258 g/mol. The van der Waals surface area contributed by atoms with Crippen molar-refractivity contribution in [2.24, 2.45) is 0 Å². The van der Waals surface area contributed by atoms with Gasteiger partial charge in [0.1, 0.15) is 13.2 Å². The Kier molecular flexibility index (Phi) is 2.93. The number of hydrogen-bond acceptors (Lipinski definition) is 3. The molecular weight excluding hydrogens is 240 g/mol. The minimum atomic E-state index is 0.383. The smallest absolute Gasteiger partial charge is 0.161 e. The van der Waals surface area contributed by atoms with Gasteiger partial charge in [0, 0.05) is 11.3 Å². The van der Waals surface area contributed by atoms with E-state index in [1.807, 2.05) is 19.1 Å². The molecule has 1 N–H and O–H groups in total. The molecule has 0 aliphatic carbocycles. The van der Waals surface area contributed by atoms with Gasteiger partial charge in [-0.15, -0.1) is 0 Å². The molecule has 0 atom stereocenters. The number of rotatable bonds is 2. The van der Waals surface area contributed by atoms with E-state index in [4.69, 9.17) is 9.47 Å². The van der Waals surface area contributed by atoms with Crippen LogP contribution in [0.25, 0.3) is 11.1 Å². The highest BCUT2D eigenvalue weighted by atomic mass is 16.6. The van der Waals surface area contributed by atoms with Crippen LogP contribution >= 0.6 is 0 Å². The summed E-state index contributed by atoms with van der Waals surface area (Å²) in [7, 11) is 0. The van der Waals surface area contributed by atoms with Gasteiger partial charge in [-0.05, 0) is 30.5 Å². The molecule has 0 fully saturated rings. The molecule has 3 rings (SSSR count). The first-order chi connectivity index (χ1) is 9.16. The lowest BCUT2D eigenvalue weighted by Crippen LogP contribution is -2.15. The number of nitrogens with one attached hydrogen (secondary N) is 1. The van der Waals surface area contributed by atoms with Crippen LogP contribution in [-0.2, 0) is 0 Å². The average molecular weight is 258 g/mol. The molecule has 1 aromatic carbocycles. The van der Waals surface area contributed by atoms with Gasteiger partial charge in [0.2, 0.25) is 0 Å². The number of fused-ring (bicyclic) bond motifs is 1. The van der Waals surface area contributed by atoms with Crippen LogP contribution in [0.3, 0.4) is 0 Å². The third-order valence-corrected chi connectivity index (χ3v) is 3.35. The molecular formula is C15H18N2O2. The highest BCUT2D eigenvalue weighted by Crippen LogP contribution is 2.37. The van der Waals surface area contributed by atoms with Gasteiger partial charge >= 0.3 is 0 Å². The van der Waals surface area contributed by atoms with Crippen LogP contribution in [-0.4, -0.2) is 23.4 Å². The average Bonchev–Trinajstić information content (AvgIpc) is 2.80. The maximum Gasteiger partial charge on any atom is 0.161 e. The van der Waals surface area contributed by atoms with Crippen LogP contribution in [0.15, 0.2) is 18.2 Å². The van der Waals surface area contributed by atoms with Crippen molar-refractivity contribution < 1.29 is 9.47 Å². The quantitative estimate of drug-likeness (QED) is 0.899. The van der Waals surface area contributed by atoms with Gasteiger partial charge in [-0.2, -0.15) is 5.10 Å². The van der Waals surface area contributed by atoms with Crippen LogP contribution in [0, 0.1) is 6.92 Å². The predicted octanol–water partition coefficient (Wildman–Crippen LogP) is 3.28. The number of H-pyrrole nitrogens is 1. The summed E-state index contributed by atoms with van der Waals surface area (Å²) in [5.74, 6) is 2.02. The lowest BCUT2D eigenvalue weighted by Gasteiger charge is -2.19. The largest absolute Gasteiger partial charge is 0.486 e. The lowest BCUT2D eigenvalue weighted by atomic mass is 9.97. The molecule has 0 spiro atoms. The van der Waals surface area contributed by atoms with Crippen LogP contribution in [0.2, 0.25) is 0 Å². The molecule has 4 heteroatoms. The minimum absolute atomic E-state index is 0.383. The second-order valence-corrected chi connectivity index (χ2v) is 5.12. The van der Waals surface area contributed by atoms with Crippen molar-refractivity contribution in [2.75, 3.05) is 13.2 Å². The number of hydrogen-bond donors (Lipinski definition) is 1. The number of aromatic amines is 1. The molecule has 1 aliphatic rings. The fraction of sp³-hybridized carbons (Fsp3) is 0.400. The fourth-order valence-corrected chi connectivity index (χ4v) is 2.43. The van der Waals surface area contributed by atoms with E-state index in [9.17, 15) is 0 Å². The topological polar surface area (TPSA) is 47.1 Å². The van der Waals surface area contributed by atoms with Crippen molar-refractivity contribution in [2.45, 2.75) is 26.7 Å². The molecule has 1 aromatic heterocycles. The molecule has 2 heterocycles. The second kappa shape index (κ2) is 4.61. The Bertz CT molecular complexity index is 602. The Morgan fingerprint density at radius 2 is 1.89 bits per heavy atom. The van der Waals surface area contributed by atoms with Crippen molar-refractivity contribution in [3.8, 4) is 22.6 Å². The van der Waals surface area contributed by atoms with Crippen LogP contribution in [0.5, 0.6) is 11.5 Å². The summed E-state index contributed by atoms with van der Waals surface area (Å²) in [5.41, 5.74) is 4.47. The van der Waals surface area contributed by atoms with Gasteiger partial charge in [-0.3, -0.25) is 5.10 Å². The molecule has 100 valence electrons. The van der Waals surface area contributed by atoms with Gasteiger partial charge in [-0.25, -0.2) is 0 Å². The third kappa shape index (κ3) is 2.07. The highest BCUT2D eigenvalue weighted by Gasteiger charge is 2.18. The molecule has 0 unspecified atom stereocenters. The van der Waals surface area contributed by atoms with Gasteiger partial charge in [-0.1, -0.05) is 19.9 Å². The number of benzene rings is 1. The van der Waals surface area contributed by atoms with Gasteiger partial charge in [0.15, 0.2) is 11.5 Å². The van der Waals surface area contributed by atoms with E-state index in [0.717, 1.165) is 28.5 Å².